The molecule has 0 aliphatic carbocycles. The number of aryl methyl sites for hydroxylation is 1. The maximum Gasteiger partial charge on any atom is 0.242 e. The number of amides is 2. The highest BCUT2D eigenvalue weighted by Crippen LogP contribution is 2.20. The average molecular weight is 320 g/mol. The third-order valence-electron chi connectivity index (χ3n) is 4.44. The summed E-state index contributed by atoms with van der Waals surface area (Å²) in [6, 6.07) is 0. The summed E-state index contributed by atoms with van der Waals surface area (Å²) in [6.45, 7) is 4.35. The Balaban J connectivity index is 1.59. The Morgan fingerprint density at radius 3 is 3.04 bits per heavy atom. The van der Waals surface area contributed by atoms with Crippen LogP contribution in [0.4, 0.5) is 0 Å². The Kier molecular flexibility index (Phi) is 4.95. The molecule has 1 aromatic rings. The van der Waals surface area contributed by atoms with Crippen molar-refractivity contribution in [2.75, 3.05) is 32.8 Å². The lowest BCUT2D eigenvalue weighted by molar-refractivity contribution is -0.145. The molecule has 0 radical (unpaired) electrons. The van der Waals surface area contributed by atoms with E-state index in [1.54, 1.807) is 16.0 Å². The Morgan fingerprint density at radius 2 is 2.26 bits per heavy atom. The summed E-state index contributed by atoms with van der Waals surface area (Å²) < 4.78 is 5.72. The molecule has 0 saturated carbocycles. The van der Waals surface area contributed by atoms with Gasteiger partial charge < -0.3 is 19.5 Å². The van der Waals surface area contributed by atoms with Crippen LogP contribution in [0.1, 0.15) is 43.3 Å². The summed E-state index contributed by atoms with van der Waals surface area (Å²) in [5.41, 5.74) is 0.974. The second-order valence-corrected chi connectivity index (χ2v) is 6.28. The van der Waals surface area contributed by atoms with Crippen LogP contribution in [0.25, 0.3) is 0 Å². The first-order valence-electron chi connectivity index (χ1n) is 8.32. The highest BCUT2D eigenvalue weighted by molar-refractivity contribution is 5.85. The highest BCUT2D eigenvalue weighted by atomic mass is 16.5. The molecule has 3 rings (SSSR count). The highest BCUT2D eigenvalue weighted by Gasteiger charge is 2.29. The van der Waals surface area contributed by atoms with Gasteiger partial charge in [-0.05, 0) is 19.8 Å². The van der Waals surface area contributed by atoms with Crippen molar-refractivity contribution in [3.8, 4) is 0 Å². The van der Waals surface area contributed by atoms with Gasteiger partial charge in [0, 0.05) is 31.4 Å². The fourth-order valence-corrected chi connectivity index (χ4v) is 3.11. The number of nitrogens with one attached hydrogen (secondary N) is 1. The van der Waals surface area contributed by atoms with E-state index < -0.39 is 0 Å². The summed E-state index contributed by atoms with van der Waals surface area (Å²) in [7, 11) is 0. The number of rotatable bonds is 3. The van der Waals surface area contributed by atoms with E-state index in [1.165, 1.54) is 0 Å². The van der Waals surface area contributed by atoms with Crippen molar-refractivity contribution in [3.63, 3.8) is 0 Å². The number of carbonyl (C=O) groups is 2. The maximum absolute atomic E-state index is 12.6. The van der Waals surface area contributed by atoms with Crippen LogP contribution < -0.4 is 0 Å². The number of morpholine rings is 1. The van der Waals surface area contributed by atoms with Crippen molar-refractivity contribution in [2.45, 2.75) is 38.7 Å². The van der Waals surface area contributed by atoms with E-state index in [1.807, 2.05) is 6.92 Å². The minimum Gasteiger partial charge on any atom is -0.367 e. The lowest BCUT2D eigenvalue weighted by atomic mass is 10.2. The first-order chi connectivity index (χ1) is 11.1. The Labute approximate surface area is 136 Å². The van der Waals surface area contributed by atoms with Crippen LogP contribution in [0, 0.1) is 6.92 Å². The van der Waals surface area contributed by atoms with Crippen molar-refractivity contribution < 1.29 is 14.3 Å². The number of hydrogen-bond donors (Lipinski definition) is 1. The quantitative estimate of drug-likeness (QED) is 0.902. The topological polar surface area (TPSA) is 78.5 Å². The van der Waals surface area contributed by atoms with Gasteiger partial charge in [-0.1, -0.05) is 6.42 Å². The number of aromatic amines is 1. The van der Waals surface area contributed by atoms with Gasteiger partial charge in [-0.25, -0.2) is 4.98 Å². The van der Waals surface area contributed by atoms with E-state index in [-0.39, 0.29) is 24.5 Å². The largest absolute Gasteiger partial charge is 0.367 e. The fourth-order valence-electron chi connectivity index (χ4n) is 3.11. The number of likely N-dealkylation sites (tertiary alicyclic amines) is 1. The lowest BCUT2D eigenvalue weighted by Gasteiger charge is -2.33. The average Bonchev–Trinajstić information content (AvgIpc) is 2.89. The van der Waals surface area contributed by atoms with Gasteiger partial charge in [0.25, 0.3) is 0 Å². The smallest absolute Gasteiger partial charge is 0.242 e. The summed E-state index contributed by atoms with van der Waals surface area (Å²) in [4.78, 5) is 35.5. The van der Waals surface area contributed by atoms with Gasteiger partial charge in [-0.3, -0.25) is 9.59 Å². The molecule has 2 fully saturated rings. The molecule has 2 aliphatic rings. The normalized spacial score (nSPS) is 23.0. The van der Waals surface area contributed by atoms with Crippen LogP contribution >= 0.6 is 0 Å². The molecule has 0 aromatic carbocycles. The van der Waals surface area contributed by atoms with Gasteiger partial charge in [-0.15, -0.1) is 0 Å². The number of aromatic nitrogens is 2. The molecular weight excluding hydrogens is 296 g/mol. The molecule has 1 atom stereocenters. The number of nitrogens with zero attached hydrogens (tertiary/aromatic N) is 3. The van der Waals surface area contributed by atoms with E-state index in [2.05, 4.69) is 9.97 Å². The van der Waals surface area contributed by atoms with Gasteiger partial charge >= 0.3 is 0 Å². The van der Waals surface area contributed by atoms with Gasteiger partial charge in [0.2, 0.25) is 11.8 Å². The molecule has 0 spiro atoms. The van der Waals surface area contributed by atoms with E-state index in [4.69, 9.17) is 4.74 Å². The van der Waals surface area contributed by atoms with Crippen LogP contribution in [0.3, 0.4) is 0 Å². The van der Waals surface area contributed by atoms with Crippen LogP contribution in [0.2, 0.25) is 0 Å². The standard InChI is InChI=1S/C16H24N4O3/c1-12-9-17-16(18-12)13-10-20(7-8-23-13)15(22)11-19-6-4-2-3-5-14(19)21/h9,13H,2-8,10-11H2,1H3,(H,17,18)/t13-/m1/s1. The molecule has 1 aromatic heterocycles. The van der Waals surface area contributed by atoms with Gasteiger partial charge in [-0.2, -0.15) is 0 Å². The third-order valence-corrected chi connectivity index (χ3v) is 4.44. The minimum atomic E-state index is -0.221. The number of ether oxygens (including phenoxy) is 1. The van der Waals surface area contributed by atoms with E-state index in [0.717, 1.165) is 30.8 Å². The van der Waals surface area contributed by atoms with Crippen molar-refractivity contribution in [1.82, 2.24) is 19.8 Å². The molecule has 2 saturated heterocycles. The SMILES string of the molecule is Cc1cnc([C@H]2CN(C(=O)CN3CCCCCC3=O)CCO2)[nH]1. The third kappa shape index (κ3) is 3.90. The number of carbonyl (C=O) groups excluding carboxylic acids is 2. The van der Waals surface area contributed by atoms with Crippen LogP contribution in [0.15, 0.2) is 6.20 Å². The predicted molar refractivity (Wildman–Crippen MR) is 83.6 cm³/mol. The van der Waals surface area contributed by atoms with Crippen LogP contribution in [-0.2, 0) is 14.3 Å². The number of hydrogen-bond acceptors (Lipinski definition) is 4. The Morgan fingerprint density at radius 1 is 1.39 bits per heavy atom. The summed E-state index contributed by atoms with van der Waals surface area (Å²) in [5.74, 6) is 0.852. The zero-order valence-electron chi connectivity index (χ0n) is 13.6. The number of imidazole rings is 1. The molecule has 7 heteroatoms. The molecule has 2 amide bonds. The maximum atomic E-state index is 12.6. The Bertz CT molecular complexity index is 571. The molecule has 0 unspecified atom stereocenters. The van der Waals surface area contributed by atoms with E-state index >= 15 is 0 Å². The molecule has 1 N–H and O–H groups in total. The first-order valence-corrected chi connectivity index (χ1v) is 8.32. The van der Waals surface area contributed by atoms with E-state index in [9.17, 15) is 9.59 Å². The van der Waals surface area contributed by atoms with Crippen molar-refractivity contribution >= 4 is 11.8 Å². The molecule has 7 nitrogen and oxygen atoms in total. The van der Waals surface area contributed by atoms with Crippen LogP contribution in [0.5, 0.6) is 0 Å². The zero-order chi connectivity index (χ0) is 16.2. The molecule has 126 valence electrons. The molecular formula is C16H24N4O3. The van der Waals surface area contributed by atoms with E-state index in [0.29, 0.717) is 32.7 Å². The van der Waals surface area contributed by atoms with Crippen molar-refractivity contribution in [3.05, 3.63) is 17.7 Å². The van der Waals surface area contributed by atoms with Crippen molar-refractivity contribution in [2.24, 2.45) is 0 Å². The summed E-state index contributed by atoms with van der Waals surface area (Å²) in [6.07, 6.45) is 5.08. The number of H-pyrrole nitrogens is 1. The lowest BCUT2D eigenvalue weighted by Crippen LogP contribution is -2.48. The summed E-state index contributed by atoms with van der Waals surface area (Å²) in [5, 5.41) is 0. The molecule has 2 aliphatic heterocycles. The molecule has 23 heavy (non-hydrogen) atoms. The second kappa shape index (κ2) is 7.12. The monoisotopic (exact) mass is 320 g/mol. The van der Waals surface area contributed by atoms with Gasteiger partial charge in [0.15, 0.2) is 0 Å². The summed E-state index contributed by atoms with van der Waals surface area (Å²) >= 11 is 0. The zero-order valence-corrected chi connectivity index (χ0v) is 13.6. The Hall–Kier alpha value is -1.89. The van der Waals surface area contributed by atoms with Gasteiger partial charge in [0.05, 0.1) is 19.7 Å². The molecule has 0 bridgehead atoms. The first kappa shape index (κ1) is 16.0. The van der Waals surface area contributed by atoms with Crippen LogP contribution in [-0.4, -0.2) is 64.4 Å². The predicted octanol–water partition coefficient (Wildman–Crippen LogP) is 1.02. The molecule has 3 heterocycles. The second-order valence-electron chi connectivity index (χ2n) is 6.28. The van der Waals surface area contributed by atoms with Crippen molar-refractivity contribution in [1.29, 1.82) is 0 Å². The van der Waals surface area contributed by atoms with Gasteiger partial charge in [0.1, 0.15) is 11.9 Å². The fraction of sp³-hybridized carbons (Fsp3) is 0.688. The minimum absolute atomic E-state index is 0.00294.